The summed E-state index contributed by atoms with van der Waals surface area (Å²) in [6.07, 6.45) is 6.49. The van der Waals surface area contributed by atoms with E-state index in [-0.39, 0.29) is 0 Å². The molecular formula is C21H18N2S. The van der Waals surface area contributed by atoms with Crippen molar-refractivity contribution in [3.63, 3.8) is 0 Å². The molecule has 0 fully saturated rings. The second-order valence-electron chi connectivity index (χ2n) is 6.52. The molecule has 118 valence electrons. The molecule has 1 aliphatic rings. The van der Waals surface area contributed by atoms with E-state index < -0.39 is 10.0 Å². The van der Waals surface area contributed by atoms with Gasteiger partial charge in [-0.3, -0.25) is 4.98 Å². The van der Waals surface area contributed by atoms with E-state index in [4.69, 9.17) is 0 Å². The molecule has 0 spiro atoms. The predicted molar refractivity (Wildman–Crippen MR) is 101 cm³/mol. The molecule has 0 saturated carbocycles. The minimum atomic E-state index is -1.26. The molecule has 0 N–H and O–H groups in total. The molecule has 24 heavy (non-hydrogen) atoms. The number of benzene rings is 2. The lowest BCUT2D eigenvalue weighted by Crippen LogP contribution is -1.98. The molecule has 1 aromatic heterocycles. The lowest BCUT2D eigenvalue weighted by atomic mass is 10.00. The van der Waals surface area contributed by atoms with Gasteiger partial charge in [0.2, 0.25) is 0 Å². The van der Waals surface area contributed by atoms with Gasteiger partial charge in [-0.1, -0.05) is 36.4 Å². The second kappa shape index (κ2) is 5.22. The van der Waals surface area contributed by atoms with Gasteiger partial charge in [0.05, 0.1) is 11.3 Å². The molecule has 4 rings (SSSR count). The number of aryl methyl sites for hydroxylation is 1. The standard InChI is InChI=1S/C21H18N2S/c1-14-10-11-19(23-13-14)18-9-5-8-17-16-7-4-6-15(12-22)20(16)24(2,3)21(17)18/h4-11,13H,1-3H3. The van der Waals surface area contributed by atoms with Crippen LogP contribution in [0.5, 0.6) is 0 Å². The highest BCUT2D eigenvalue weighted by Crippen LogP contribution is 2.70. The monoisotopic (exact) mass is 330 g/mol. The number of pyridine rings is 1. The second-order valence-corrected chi connectivity index (χ2v) is 9.99. The van der Waals surface area contributed by atoms with Crippen LogP contribution < -0.4 is 0 Å². The van der Waals surface area contributed by atoms with E-state index in [1.54, 1.807) is 0 Å². The first-order chi connectivity index (χ1) is 11.5. The highest BCUT2D eigenvalue weighted by Gasteiger charge is 2.36. The molecule has 0 atom stereocenters. The summed E-state index contributed by atoms with van der Waals surface area (Å²) in [5.74, 6) is 0. The number of fused-ring (bicyclic) bond motifs is 3. The zero-order chi connectivity index (χ0) is 16.9. The van der Waals surface area contributed by atoms with Crippen LogP contribution in [-0.2, 0) is 0 Å². The van der Waals surface area contributed by atoms with Gasteiger partial charge in [0, 0.05) is 21.6 Å². The van der Waals surface area contributed by atoms with Crippen molar-refractivity contribution in [2.75, 3.05) is 12.5 Å². The normalized spacial score (nSPS) is 15.2. The van der Waals surface area contributed by atoms with E-state index in [1.165, 1.54) is 26.5 Å². The first kappa shape index (κ1) is 15.0. The summed E-state index contributed by atoms with van der Waals surface area (Å²) in [5, 5.41) is 9.58. The van der Waals surface area contributed by atoms with Crippen LogP contribution in [0.15, 0.2) is 64.5 Å². The molecule has 3 aromatic rings. The number of nitrogens with zero attached hydrogens (tertiary/aromatic N) is 2. The summed E-state index contributed by atoms with van der Waals surface area (Å²) in [5.41, 5.74) is 6.61. The number of hydrogen-bond acceptors (Lipinski definition) is 2. The van der Waals surface area contributed by atoms with Crippen LogP contribution in [0.3, 0.4) is 0 Å². The lowest BCUT2D eigenvalue weighted by Gasteiger charge is -2.30. The van der Waals surface area contributed by atoms with E-state index in [2.05, 4.69) is 66.9 Å². The van der Waals surface area contributed by atoms with Gasteiger partial charge in [-0.2, -0.15) is 15.3 Å². The van der Waals surface area contributed by atoms with Crippen LogP contribution in [-0.4, -0.2) is 17.5 Å². The fourth-order valence-corrected chi connectivity index (χ4v) is 6.66. The Morgan fingerprint density at radius 1 is 0.875 bits per heavy atom. The smallest absolute Gasteiger partial charge is 0.100 e. The Balaban J connectivity index is 2.04. The first-order valence-electron chi connectivity index (χ1n) is 7.87. The number of rotatable bonds is 1. The highest BCUT2D eigenvalue weighted by atomic mass is 32.3. The molecular weight excluding hydrogens is 312 g/mol. The third kappa shape index (κ3) is 2.00. The van der Waals surface area contributed by atoms with E-state index >= 15 is 0 Å². The van der Waals surface area contributed by atoms with Crippen LogP contribution in [0.1, 0.15) is 11.1 Å². The number of nitriles is 1. The summed E-state index contributed by atoms with van der Waals surface area (Å²) < 4.78 is 0. The Bertz CT molecular complexity index is 995. The van der Waals surface area contributed by atoms with Crippen LogP contribution in [0, 0.1) is 18.3 Å². The zero-order valence-corrected chi connectivity index (χ0v) is 14.8. The Morgan fingerprint density at radius 2 is 1.54 bits per heavy atom. The molecule has 0 bridgehead atoms. The Morgan fingerprint density at radius 3 is 2.21 bits per heavy atom. The summed E-state index contributed by atoms with van der Waals surface area (Å²) in [7, 11) is -1.26. The fourth-order valence-electron chi connectivity index (χ4n) is 3.62. The van der Waals surface area contributed by atoms with Crippen molar-refractivity contribution in [3.05, 3.63) is 65.9 Å². The SMILES string of the molecule is Cc1ccc(-c2cccc3c2S(C)(C)c2c(C#N)cccc2-3)nc1. The lowest BCUT2D eigenvalue weighted by molar-refractivity contribution is 1.25. The first-order valence-corrected chi connectivity index (χ1v) is 10.3. The van der Waals surface area contributed by atoms with Crippen molar-refractivity contribution in [1.29, 1.82) is 5.26 Å². The van der Waals surface area contributed by atoms with Crippen molar-refractivity contribution in [1.82, 2.24) is 4.98 Å². The molecule has 2 aromatic carbocycles. The summed E-state index contributed by atoms with van der Waals surface area (Å²) in [4.78, 5) is 7.20. The quantitative estimate of drug-likeness (QED) is 0.599. The van der Waals surface area contributed by atoms with E-state index in [1.807, 2.05) is 18.3 Å². The summed E-state index contributed by atoms with van der Waals surface area (Å²) in [6, 6.07) is 19.1. The van der Waals surface area contributed by atoms with Gasteiger partial charge in [-0.15, -0.1) is 0 Å². The maximum atomic E-state index is 9.58. The molecule has 1 aliphatic heterocycles. The van der Waals surface area contributed by atoms with Gasteiger partial charge >= 0.3 is 0 Å². The van der Waals surface area contributed by atoms with E-state index in [0.717, 1.165) is 16.8 Å². The van der Waals surface area contributed by atoms with Gasteiger partial charge in [0.25, 0.3) is 0 Å². The summed E-state index contributed by atoms with van der Waals surface area (Å²) in [6.45, 7) is 2.05. The number of aromatic nitrogens is 1. The van der Waals surface area contributed by atoms with Crippen molar-refractivity contribution < 1.29 is 0 Å². The van der Waals surface area contributed by atoms with Crippen LogP contribution in [0.25, 0.3) is 22.4 Å². The number of hydrogen-bond donors (Lipinski definition) is 0. The predicted octanol–water partition coefficient (Wildman–Crippen LogP) is 5.39. The molecule has 0 radical (unpaired) electrons. The van der Waals surface area contributed by atoms with E-state index in [0.29, 0.717) is 0 Å². The van der Waals surface area contributed by atoms with Gasteiger partial charge in [0.1, 0.15) is 6.07 Å². The van der Waals surface area contributed by atoms with Gasteiger partial charge in [-0.05, 0) is 48.3 Å². The largest absolute Gasteiger partial charge is 0.256 e. The van der Waals surface area contributed by atoms with Crippen LogP contribution in [0.2, 0.25) is 0 Å². The zero-order valence-electron chi connectivity index (χ0n) is 14.0. The molecule has 0 amide bonds. The molecule has 0 unspecified atom stereocenters. The minimum absolute atomic E-state index is 0.798. The Labute approximate surface area is 144 Å². The fraction of sp³-hybridized carbons (Fsp3) is 0.143. The van der Waals surface area contributed by atoms with Gasteiger partial charge in [0.15, 0.2) is 0 Å². The highest BCUT2D eigenvalue weighted by molar-refractivity contribution is 8.33. The summed E-state index contributed by atoms with van der Waals surface area (Å²) >= 11 is 0. The third-order valence-electron chi connectivity index (χ3n) is 4.65. The molecule has 2 heterocycles. The van der Waals surface area contributed by atoms with Crippen LogP contribution in [0.4, 0.5) is 0 Å². The van der Waals surface area contributed by atoms with Crippen molar-refractivity contribution in [3.8, 4) is 28.5 Å². The average Bonchev–Trinajstić information content (AvgIpc) is 2.84. The van der Waals surface area contributed by atoms with Gasteiger partial charge < -0.3 is 0 Å². The third-order valence-corrected chi connectivity index (χ3v) is 7.57. The molecule has 3 heteroatoms. The molecule has 0 saturated heterocycles. The maximum absolute atomic E-state index is 9.58. The Hall–Kier alpha value is -2.57. The van der Waals surface area contributed by atoms with Crippen molar-refractivity contribution in [2.45, 2.75) is 16.7 Å². The maximum Gasteiger partial charge on any atom is 0.100 e. The average molecular weight is 330 g/mol. The molecule has 2 nitrogen and oxygen atoms in total. The Kier molecular flexibility index (Phi) is 3.26. The topological polar surface area (TPSA) is 36.7 Å². The molecule has 0 aliphatic carbocycles. The van der Waals surface area contributed by atoms with E-state index in [9.17, 15) is 5.26 Å². The van der Waals surface area contributed by atoms with Gasteiger partial charge in [-0.25, -0.2) is 0 Å². The van der Waals surface area contributed by atoms with Crippen LogP contribution >= 0.6 is 10.0 Å². The minimum Gasteiger partial charge on any atom is -0.256 e. The van der Waals surface area contributed by atoms with Crippen molar-refractivity contribution >= 4 is 10.0 Å². The van der Waals surface area contributed by atoms with Crippen molar-refractivity contribution in [2.24, 2.45) is 0 Å².